The third-order valence-corrected chi connectivity index (χ3v) is 3.78. The van der Waals surface area contributed by atoms with Gasteiger partial charge in [0.1, 0.15) is 0 Å². The predicted octanol–water partition coefficient (Wildman–Crippen LogP) is 6.50. The number of halogens is 1. The molecule has 0 fully saturated rings. The summed E-state index contributed by atoms with van der Waals surface area (Å²) in [5.74, 6) is 0. The van der Waals surface area contributed by atoms with Crippen LogP contribution in [0.25, 0.3) is 0 Å². The molecule has 0 aliphatic rings. The second kappa shape index (κ2) is 18.6. The van der Waals surface area contributed by atoms with Gasteiger partial charge < -0.3 is 0 Å². The summed E-state index contributed by atoms with van der Waals surface area (Å²) >= 11 is 0. The third-order valence-electron chi connectivity index (χ3n) is 3.78. The van der Waals surface area contributed by atoms with Gasteiger partial charge in [-0.05, 0) is 32.1 Å². The molecule has 2 heteroatoms. The fraction of sp³-hybridized carbons (Fsp3) is 0.889. The Hall–Kier alpha value is -0.370. The van der Waals surface area contributed by atoms with E-state index >= 15 is 0 Å². The summed E-state index contributed by atoms with van der Waals surface area (Å²) in [4.78, 5) is 0. The third kappa shape index (κ3) is 17.6. The van der Waals surface area contributed by atoms with Gasteiger partial charge >= 0.3 is 0 Å². The van der Waals surface area contributed by atoms with Gasteiger partial charge in [0, 0.05) is 6.54 Å². The standard InChI is InChI=1S/C18H36FN/c1-2-3-4-5-6-7-8-9-10-11-12-13-14-15-16-17-18-20-19/h9-10,20H,2-8,11-18H2,1H3/b10-9-. The van der Waals surface area contributed by atoms with Crippen molar-refractivity contribution in [2.75, 3.05) is 6.54 Å². The van der Waals surface area contributed by atoms with Gasteiger partial charge in [0.15, 0.2) is 0 Å². The van der Waals surface area contributed by atoms with Crippen molar-refractivity contribution in [1.82, 2.24) is 5.54 Å². The van der Waals surface area contributed by atoms with Gasteiger partial charge in [0.05, 0.1) is 0 Å². The van der Waals surface area contributed by atoms with Crippen LogP contribution >= 0.6 is 0 Å². The van der Waals surface area contributed by atoms with Crippen LogP contribution in [-0.4, -0.2) is 6.54 Å². The molecule has 0 atom stereocenters. The van der Waals surface area contributed by atoms with Gasteiger partial charge in [-0.1, -0.05) is 76.9 Å². The Morgan fingerprint density at radius 1 is 0.650 bits per heavy atom. The molecule has 0 saturated carbocycles. The Bertz CT molecular complexity index is 192. The van der Waals surface area contributed by atoms with Gasteiger partial charge in [-0.15, -0.1) is 4.48 Å². The molecule has 0 aliphatic carbocycles. The van der Waals surface area contributed by atoms with Crippen molar-refractivity contribution in [3.63, 3.8) is 0 Å². The minimum atomic E-state index is 0.515. The monoisotopic (exact) mass is 285 g/mol. The summed E-state index contributed by atoms with van der Waals surface area (Å²) in [5.41, 5.74) is 1.71. The van der Waals surface area contributed by atoms with E-state index in [-0.39, 0.29) is 0 Å². The van der Waals surface area contributed by atoms with Crippen LogP contribution in [0.3, 0.4) is 0 Å². The average molecular weight is 285 g/mol. The van der Waals surface area contributed by atoms with Gasteiger partial charge in [-0.2, -0.15) is 5.54 Å². The molecule has 20 heavy (non-hydrogen) atoms. The Morgan fingerprint density at radius 3 is 1.60 bits per heavy atom. The molecule has 0 aromatic rings. The highest BCUT2D eigenvalue weighted by atomic mass is 19.2. The lowest BCUT2D eigenvalue weighted by Crippen LogP contribution is -2.01. The Kier molecular flexibility index (Phi) is 18.3. The first-order valence-electron chi connectivity index (χ1n) is 8.90. The van der Waals surface area contributed by atoms with Crippen LogP contribution in [0.1, 0.15) is 96.8 Å². The molecule has 0 aromatic heterocycles. The first-order chi connectivity index (χ1) is 9.91. The lowest BCUT2D eigenvalue weighted by molar-refractivity contribution is 0.327. The summed E-state index contributed by atoms with van der Waals surface area (Å²) in [6, 6.07) is 0. The number of hydrogen-bond donors (Lipinski definition) is 1. The smallest absolute Gasteiger partial charge is 0.0259 e. The van der Waals surface area contributed by atoms with Crippen molar-refractivity contribution in [1.29, 1.82) is 0 Å². The fourth-order valence-electron chi connectivity index (χ4n) is 2.44. The molecule has 0 rings (SSSR count). The zero-order valence-electron chi connectivity index (χ0n) is 13.6. The van der Waals surface area contributed by atoms with Crippen LogP contribution < -0.4 is 5.54 Å². The van der Waals surface area contributed by atoms with E-state index in [1.54, 1.807) is 5.54 Å². The number of unbranched alkanes of at least 4 members (excludes halogenated alkanes) is 12. The van der Waals surface area contributed by atoms with Crippen molar-refractivity contribution in [3.8, 4) is 0 Å². The van der Waals surface area contributed by atoms with Crippen molar-refractivity contribution >= 4 is 0 Å². The molecule has 1 nitrogen and oxygen atoms in total. The Morgan fingerprint density at radius 2 is 1.10 bits per heavy atom. The SMILES string of the molecule is CCCCCCCC/C=C\CCCCCCCCNF. The van der Waals surface area contributed by atoms with Crippen LogP contribution in [0, 0.1) is 0 Å². The van der Waals surface area contributed by atoms with Gasteiger partial charge in [-0.25, -0.2) is 0 Å². The van der Waals surface area contributed by atoms with E-state index in [4.69, 9.17) is 0 Å². The maximum atomic E-state index is 11.6. The van der Waals surface area contributed by atoms with E-state index < -0.39 is 0 Å². The molecular formula is C18H36FN. The number of allylic oxidation sites excluding steroid dienone is 2. The molecule has 0 radical (unpaired) electrons. The lowest BCUT2D eigenvalue weighted by atomic mass is 10.1. The molecule has 1 N–H and O–H groups in total. The molecular weight excluding hydrogens is 249 g/mol. The van der Waals surface area contributed by atoms with Crippen LogP contribution in [0.2, 0.25) is 0 Å². The number of hydrogen-bond acceptors (Lipinski definition) is 1. The molecule has 0 heterocycles. The van der Waals surface area contributed by atoms with E-state index in [9.17, 15) is 4.48 Å². The minimum Gasteiger partial charge on any atom is -0.159 e. The second-order valence-corrected chi connectivity index (χ2v) is 5.82. The van der Waals surface area contributed by atoms with Crippen molar-refractivity contribution in [2.24, 2.45) is 0 Å². The van der Waals surface area contributed by atoms with Crippen molar-refractivity contribution in [3.05, 3.63) is 12.2 Å². The van der Waals surface area contributed by atoms with Crippen molar-refractivity contribution < 1.29 is 4.48 Å². The normalized spacial score (nSPS) is 11.5. The van der Waals surface area contributed by atoms with E-state index in [0.717, 1.165) is 12.8 Å². The molecule has 0 aromatic carbocycles. The van der Waals surface area contributed by atoms with E-state index in [1.165, 1.54) is 77.0 Å². The molecule has 0 saturated heterocycles. The molecule has 0 bridgehead atoms. The van der Waals surface area contributed by atoms with E-state index in [2.05, 4.69) is 19.1 Å². The summed E-state index contributed by atoms with van der Waals surface area (Å²) in [6.45, 7) is 2.78. The second-order valence-electron chi connectivity index (χ2n) is 5.82. The topological polar surface area (TPSA) is 12.0 Å². The average Bonchev–Trinajstić information content (AvgIpc) is 2.47. The summed E-state index contributed by atoms with van der Waals surface area (Å²) in [5, 5.41) is 0. The molecule has 0 spiro atoms. The maximum absolute atomic E-state index is 11.6. The summed E-state index contributed by atoms with van der Waals surface area (Å²) in [7, 11) is 0. The fourth-order valence-corrected chi connectivity index (χ4v) is 2.44. The summed E-state index contributed by atoms with van der Waals surface area (Å²) in [6.07, 6.45) is 22.9. The Labute approximate surface area is 126 Å². The molecule has 120 valence electrons. The van der Waals surface area contributed by atoms with Gasteiger partial charge in [0.2, 0.25) is 0 Å². The van der Waals surface area contributed by atoms with Crippen LogP contribution in [0.15, 0.2) is 12.2 Å². The van der Waals surface area contributed by atoms with E-state index in [0.29, 0.717) is 6.54 Å². The highest BCUT2D eigenvalue weighted by molar-refractivity contribution is 4.81. The lowest BCUT2D eigenvalue weighted by Gasteiger charge is -2.00. The number of rotatable bonds is 16. The Balaban J connectivity index is 3.01. The molecule has 0 unspecified atom stereocenters. The largest absolute Gasteiger partial charge is 0.159 e. The van der Waals surface area contributed by atoms with E-state index in [1.807, 2.05) is 0 Å². The van der Waals surface area contributed by atoms with Crippen LogP contribution in [0.5, 0.6) is 0 Å². The predicted molar refractivity (Wildman–Crippen MR) is 88.6 cm³/mol. The zero-order valence-corrected chi connectivity index (χ0v) is 13.6. The first kappa shape index (κ1) is 19.6. The van der Waals surface area contributed by atoms with Gasteiger partial charge in [-0.3, -0.25) is 0 Å². The molecule has 0 amide bonds. The summed E-state index contributed by atoms with van der Waals surface area (Å²) < 4.78 is 11.6. The highest BCUT2D eigenvalue weighted by Crippen LogP contribution is 2.09. The first-order valence-corrected chi connectivity index (χ1v) is 8.90. The van der Waals surface area contributed by atoms with Crippen LogP contribution in [0.4, 0.5) is 4.48 Å². The maximum Gasteiger partial charge on any atom is 0.0259 e. The quantitative estimate of drug-likeness (QED) is 0.194. The minimum absolute atomic E-state index is 0.515. The van der Waals surface area contributed by atoms with Crippen molar-refractivity contribution in [2.45, 2.75) is 96.8 Å². The molecule has 0 aliphatic heterocycles. The zero-order chi connectivity index (χ0) is 14.7. The number of nitrogens with one attached hydrogen (secondary N) is 1. The van der Waals surface area contributed by atoms with Gasteiger partial charge in [0.25, 0.3) is 0 Å². The van der Waals surface area contributed by atoms with Crippen LogP contribution in [-0.2, 0) is 0 Å². The highest BCUT2D eigenvalue weighted by Gasteiger charge is 1.91.